The Kier molecular flexibility index (Phi) is 10.6. The van der Waals surface area contributed by atoms with E-state index in [1.54, 1.807) is 7.11 Å². The van der Waals surface area contributed by atoms with Gasteiger partial charge in [-0.15, -0.1) is 0 Å². The van der Waals surface area contributed by atoms with E-state index in [9.17, 15) is 0 Å². The van der Waals surface area contributed by atoms with Gasteiger partial charge in [-0.3, -0.25) is 4.79 Å². The van der Waals surface area contributed by atoms with Gasteiger partial charge in [0.25, 0.3) is 5.97 Å². The normalized spacial score (nSPS) is 9.67. The first kappa shape index (κ1) is 13.2. The minimum absolute atomic E-state index is 0.398. The fourth-order valence-electron chi connectivity index (χ4n) is 0.322. The van der Waals surface area contributed by atoms with E-state index in [1.807, 2.05) is 0 Å². The number of methoxy groups -OCH3 is 1. The Morgan fingerprint density at radius 3 is 2.42 bits per heavy atom. The van der Waals surface area contributed by atoms with Crippen LogP contribution >= 0.6 is 0 Å². The van der Waals surface area contributed by atoms with Crippen molar-refractivity contribution in [3.05, 3.63) is 11.8 Å². The zero-order valence-corrected chi connectivity index (χ0v) is 7.20. The van der Waals surface area contributed by atoms with Crippen molar-refractivity contribution in [2.24, 2.45) is 5.73 Å². The molecule has 0 aliphatic heterocycles. The van der Waals surface area contributed by atoms with E-state index in [0.29, 0.717) is 12.3 Å². The van der Waals surface area contributed by atoms with Crippen molar-refractivity contribution in [3.63, 3.8) is 0 Å². The summed E-state index contributed by atoms with van der Waals surface area (Å²) in [5.74, 6) is -0.833. The summed E-state index contributed by atoms with van der Waals surface area (Å²) >= 11 is 0. The van der Waals surface area contributed by atoms with Crippen LogP contribution in [0.3, 0.4) is 0 Å². The van der Waals surface area contributed by atoms with Gasteiger partial charge in [-0.1, -0.05) is 0 Å². The first-order valence-corrected chi connectivity index (χ1v) is 3.18. The number of rotatable bonds is 3. The highest BCUT2D eigenvalue weighted by Crippen LogP contribution is 1.79. The highest BCUT2D eigenvalue weighted by Gasteiger charge is 1.81. The molecule has 0 unspecified atom stereocenters. The summed E-state index contributed by atoms with van der Waals surface area (Å²) in [5, 5.41) is 14.0. The van der Waals surface area contributed by atoms with Crippen LogP contribution in [0.25, 0.3) is 0 Å². The largest absolute Gasteiger partial charge is 0.481 e. The summed E-state index contributed by atoms with van der Waals surface area (Å²) in [6.45, 7) is 1.48. The van der Waals surface area contributed by atoms with Gasteiger partial charge < -0.3 is 21.0 Å². The maximum Gasteiger partial charge on any atom is 0.300 e. The van der Waals surface area contributed by atoms with Crippen molar-refractivity contribution >= 4 is 12.2 Å². The Labute approximate surface area is 71.3 Å². The number of ether oxygens (including phenoxy) is 1. The number of aliphatic carboxylic acids is 1. The highest BCUT2D eigenvalue weighted by molar-refractivity contribution is 5.68. The number of carbonyl (C=O) groups is 1. The maximum absolute atomic E-state index is 9.00. The first-order chi connectivity index (χ1) is 5.54. The van der Waals surface area contributed by atoms with Crippen LogP contribution in [-0.4, -0.2) is 31.0 Å². The Morgan fingerprint density at radius 1 is 1.75 bits per heavy atom. The molecular formula is C7H14N2O3. The lowest BCUT2D eigenvalue weighted by Gasteiger charge is -1.93. The number of carboxylic acid groups (broad SMARTS) is 1. The van der Waals surface area contributed by atoms with Gasteiger partial charge in [0, 0.05) is 25.9 Å². The number of allylic oxidation sites excluding steroid dienone is 1. The third kappa shape index (κ3) is 23.4. The van der Waals surface area contributed by atoms with E-state index in [0.717, 1.165) is 13.1 Å². The van der Waals surface area contributed by atoms with Crippen LogP contribution in [0.4, 0.5) is 0 Å². The summed E-state index contributed by atoms with van der Waals surface area (Å²) < 4.78 is 4.66. The summed E-state index contributed by atoms with van der Waals surface area (Å²) in [6.07, 6.45) is 2.62. The summed E-state index contributed by atoms with van der Waals surface area (Å²) in [5.41, 5.74) is 5.85. The second-order valence-electron chi connectivity index (χ2n) is 1.86. The molecule has 0 aromatic carbocycles. The van der Waals surface area contributed by atoms with Crippen LogP contribution in [0.5, 0.6) is 0 Å². The van der Waals surface area contributed by atoms with Crippen molar-refractivity contribution in [1.29, 1.82) is 5.41 Å². The van der Waals surface area contributed by atoms with Crippen LogP contribution in [0.1, 0.15) is 6.92 Å². The van der Waals surface area contributed by atoms with E-state index in [1.165, 1.54) is 6.08 Å². The van der Waals surface area contributed by atoms with Crippen molar-refractivity contribution in [3.8, 4) is 0 Å². The Morgan fingerprint density at radius 2 is 2.17 bits per heavy atom. The minimum atomic E-state index is -0.833. The van der Waals surface area contributed by atoms with Crippen molar-refractivity contribution in [2.45, 2.75) is 6.92 Å². The molecule has 0 rings (SSSR count). The fraction of sp³-hybridized carbons (Fsp3) is 0.429. The van der Waals surface area contributed by atoms with Crippen molar-refractivity contribution in [2.75, 3.05) is 13.7 Å². The Bertz CT molecular complexity index is 162. The Hall–Kier alpha value is -1.36. The predicted molar refractivity (Wildman–Crippen MR) is 46.2 cm³/mol. The molecule has 0 fully saturated rings. The quantitative estimate of drug-likeness (QED) is 0.533. The third-order valence-corrected chi connectivity index (χ3v) is 0.608. The molecule has 70 valence electrons. The fourth-order valence-corrected chi connectivity index (χ4v) is 0.322. The van der Waals surface area contributed by atoms with E-state index in [2.05, 4.69) is 4.74 Å². The van der Waals surface area contributed by atoms with Crippen molar-refractivity contribution < 1.29 is 14.6 Å². The molecule has 0 aliphatic carbocycles. The predicted octanol–water partition coefficient (Wildman–Crippen LogP) is 0.216. The van der Waals surface area contributed by atoms with E-state index >= 15 is 0 Å². The van der Waals surface area contributed by atoms with Crippen LogP contribution in [0, 0.1) is 5.41 Å². The number of hydrogen-bond donors (Lipinski definition) is 3. The van der Waals surface area contributed by atoms with Crippen molar-refractivity contribution in [1.82, 2.24) is 0 Å². The molecule has 12 heavy (non-hydrogen) atoms. The maximum atomic E-state index is 9.00. The Balaban J connectivity index is 0. The third-order valence-electron chi connectivity index (χ3n) is 0.608. The summed E-state index contributed by atoms with van der Waals surface area (Å²) in [6, 6.07) is 0. The zero-order chi connectivity index (χ0) is 9.98. The van der Waals surface area contributed by atoms with E-state index in [-0.39, 0.29) is 0 Å². The molecule has 0 heterocycles. The van der Waals surface area contributed by atoms with Gasteiger partial charge >= 0.3 is 0 Å². The number of hydrogen-bond acceptors (Lipinski definition) is 4. The monoisotopic (exact) mass is 174 g/mol. The zero-order valence-electron chi connectivity index (χ0n) is 7.20. The number of carboxylic acids is 1. The van der Waals surface area contributed by atoms with Gasteiger partial charge in [0.1, 0.15) is 0 Å². The molecule has 4 N–H and O–H groups in total. The molecule has 0 bridgehead atoms. The molecular weight excluding hydrogens is 160 g/mol. The summed E-state index contributed by atoms with van der Waals surface area (Å²) in [4.78, 5) is 9.00. The lowest BCUT2D eigenvalue weighted by Crippen LogP contribution is -2.04. The number of nitrogens with one attached hydrogen (secondary N) is 1. The molecule has 0 aliphatic rings. The molecule has 5 heteroatoms. The minimum Gasteiger partial charge on any atom is -0.481 e. The smallest absolute Gasteiger partial charge is 0.300 e. The molecule has 0 aromatic rings. The van der Waals surface area contributed by atoms with Crippen LogP contribution in [-0.2, 0) is 9.53 Å². The standard InChI is InChI=1S/C5H10N2O.C2H4O2/c1-8-4-5(7)2-3-6;1-2(3)4/h2-3,6H,4,7H2,1H3;1H3,(H,3,4)/b5-2-,6-3?;. The highest BCUT2D eigenvalue weighted by atomic mass is 16.5. The van der Waals surface area contributed by atoms with E-state index < -0.39 is 5.97 Å². The average Bonchev–Trinajstić information content (AvgIpc) is 1.87. The van der Waals surface area contributed by atoms with Crippen LogP contribution in [0.15, 0.2) is 11.8 Å². The second kappa shape index (κ2) is 9.64. The molecule has 5 nitrogen and oxygen atoms in total. The van der Waals surface area contributed by atoms with Gasteiger partial charge in [0.15, 0.2) is 0 Å². The molecule has 0 amide bonds. The van der Waals surface area contributed by atoms with Gasteiger partial charge in [0.2, 0.25) is 0 Å². The van der Waals surface area contributed by atoms with Gasteiger partial charge in [-0.25, -0.2) is 0 Å². The average molecular weight is 174 g/mol. The van der Waals surface area contributed by atoms with E-state index in [4.69, 9.17) is 21.0 Å². The molecule has 0 aromatic heterocycles. The first-order valence-electron chi connectivity index (χ1n) is 3.18. The SMILES string of the molecule is CC(=O)O.COC/C(N)=C/C=N. The summed E-state index contributed by atoms with van der Waals surface area (Å²) in [7, 11) is 1.56. The van der Waals surface area contributed by atoms with Gasteiger partial charge in [-0.05, 0) is 6.08 Å². The second-order valence-corrected chi connectivity index (χ2v) is 1.86. The molecule has 0 saturated heterocycles. The van der Waals surface area contributed by atoms with Gasteiger partial charge in [-0.2, -0.15) is 0 Å². The lowest BCUT2D eigenvalue weighted by molar-refractivity contribution is -0.134. The lowest BCUT2D eigenvalue weighted by atomic mass is 10.4. The number of nitrogens with two attached hydrogens (primary N) is 1. The van der Waals surface area contributed by atoms with Crippen LogP contribution in [0.2, 0.25) is 0 Å². The van der Waals surface area contributed by atoms with Crippen LogP contribution < -0.4 is 5.73 Å². The molecule has 0 atom stereocenters. The van der Waals surface area contributed by atoms with Gasteiger partial charge in [0.05, 0.1) is 6.61 Å². The molecule has 0 spiro atoms. The molecule has 0 saturated carbocycles. The topological polar surface area (TPSA) is 96.4 Å². The molecule has 0 radical (unpaired) electrons.